The monoisotopic (exact) mass is 586 g/mol. The average Bonchev–Trinajstić information content (AvgIpc) is 3.49. The molecule has 0 N–H and O–H groups in total. The third-order valence-electron chi connectivity index (χ3n) is 4.73. The Kier molecular flexibility index (Phi) is 8.52. The molecular weight excluding hydrogens is 561 g/mol. The summed E-state index contributed by atoms with van der Waals surface area (Å²) in [5.74, 6) is 3.34. The lowest BCUT2D eigenvalue weighted by Gasteiger charge is -2.17. The highest BCUT2D eigenvalue weighted by Crippen LogP contribution is 2.67. The largest absolute Gasteiger partial charge is 0.348 e. The van der Waals surface area contributed by atoms with Crippen molar-refractivity contribution in [3.05, 3.63) is 25.4 Å². The van der Waals surface area contributed by atoms with E-state index in [1.54, 1.807) is 0 Å². The molecule has 0 aromatic rings. The highest BCUT2D eigenvalue weighted by molar-refractivity contribution is 8.45. The SMILES string of the molecule is CC1(C)OC[C@H](CSC2=C(SC[C@H]3COC(C)(C)O3)SC(=C3SC4=C(SCCS4)S3)S2)O1. The molecule has 32 heavy (non-hydrogen) atoms. The topological polar surface area (TPSA) is 36.9 Å². The molecule has 178 valence electrons. The molecule has 0 saturated carbocycles. The van der Waals surface area contributed by atoms with Gasteiger partial charge in [-0.3, -0.25) is 0 Å². The minimum absolute atomic E-state index is 0.139. The molecule has 0 radical (unpaired) electrons. The molecule has 5 rings (SSSR count). The molecule has 0 aromatic carbocycles. The first kappa shape index (κ1) is 25.5. The molecule has 4 nitrogen and oxygen atoms in total. The van der Waals surface area contributed by atoms with Crippen LogP contribution < -0.4 is 0 Å². The van der Waals surface area contributed by atoms with Gasteiger partial charge in [-0.25, -0.2) is 0 Å². The van der Waals surface area contributed by atoms with Crippen LogP contribution in [0.1, 0.15) is 27.7 Å². The van der Waals surface area contributed by atoms with Crippen molar-refractivity contribution in [1.29, 1.82) is 0 Å². The van der Waals surface area contributed by atoms with E-state index in [1.807, 2.05) is 122 Å². The maximum atomic E-state index is 6.04. The Morgan fingerprint density at radius 3 is 1.53 bits per heavy atom. The molecule has 0 aromatic heterocycles. The fourth-order valence-corrected chi connectivity index (χ4v) is 15.4. The van der Waals surface area contributed by atoms with E-state index in [1.165, 1.54) is 36.9 Å². The molecule has 5 heterocycles. The van der Waals surface area contributed by atoms with Crippen molar-refractivity contribution in [2.45, 2.75) is 51.5 Å². The Morgan fingerprint density at radius 2 is 1.12 bits per heavy atom. The van der Waals surface area contributed by atoms with Crippen LogP contribution in [0.5, 0.6) is 0 Å². The van der Waals surface area contributed by atoms with Gasteiger partial charge >= 0.3 is 0 Å². The second-order valence-electron chi connectivity index (χ2n) is 8.35. The Bertz CT molecular complexity index is 789. The predicted molar refractivity (Wildman–Crippen MR) is 151 cm³/mol. The van der Waals surface area contributed by atoms with E-state index in [9.17, 15) is 0 Å². The Hall–Kier alpha value is 1.86. The zero-order valence-corrected chi connectivity index (χ0v) is 24.8. The van der Waals surface area contributed by atoms with Crippen molar-refractivity contribution < 1.29 is 18.9 Å². The van der Waals surface area contributed by atoms with Crippen molar-refractivity contribution in [3.8, 4) is 0 Å². The molecule has 2 fully saturated rings. The van der Waals surface area contributed by atoms with Crippen LogP contribution in [0.4, 0.5) is 0 Å². The third-order valence-corrected chi connectivity index (χ3v) is 16.8. The smallest absolute Gasteiger partial charge is 0.163 e. The lowest BCUT2D eigenvalue weighted by molar-refractivity contribution is -0.136. The molecule has 2 atom stereocenters. The van der Waals surface area contributed by atoms with Crippen LogP contribution in [-0.4, -0.2) is 60.0 Å². The third kappa shape index (κ3) is 6.40. The molecule has 12 heteroatoms. The maximum absolute atomic E-state index is 6.04. The van der Waals surface area contributed by atoms with Crippen LogP contribution in [0, 0.1) is 0 Å². The van der Waals surface area contributed by atoms with E-state index in [-0.39, 0.29) is 12.2 Å². The fraction of sp³-hybridized carbons (Fsp3) is 0.700. The van der Waals surface area contributed by atoms with E-state index in [0.717, 1.165) is 11.5 Å². The predicted octanol–water partition coefficient (Wildman–Crippen LogP) is 7.58. The van der Waals surface area contributed by atoms with Gasteiger partial charge in [-0.05, 0) is 27.7 Å². The second kappa shape index (κ2) is 10.7. The number of thioether (sulfide) groups is 8. The maximum Gasteiger partial charge on any atom is 0.163 e. The van der Waals surface area contributed by atoms with Crippen LogP contribution in [0.3, 0.4) is 0 Å². The summed E-state index contributed by atoms with van der Waals surface area (Å²) in [5.41, 5.74) is 0. The van der Waals surface area contributed by atoms with Gasteiger partial charge in [-0.1, -0.05) is 47.0 Å². The Balaban J connectivity index is 1.24. The summed E-state index contributed by atoms with van der Waals surface area (Å²) in [7, 11) is 0. The molecule has 0 amide bonds. The van der Waals surface area contributed by atoms with Gasteiger partial charge in [0.05, 0.1) is 50.8 Å². The van der Waals surface area contributed by atoms with Crippen LogP contribution >= 0.6 is 94.1 Å². The van der Waals surface area contributed by atoms with Crippen molar-refractivity contribution in [2.24, 2.45) is 0 Å². The van der Waals surface area contributed by atoms with E-state index in [4.69, 9.17) is 18.9 Å². The molecule has 0 bridgehead atoms. The van der Waals surface area contributed by atoms with Gasteiger partial charge in [0.15, 0.2) is 11.6 Å². The minimum atomic E-state index is -0.467. The molecule has 2 saturated heterocycles. The zero-order chi connectivity index (χ0) is 22.3. The number of ether oxygens (including phenoxy) is 4. The number of hydrogen-bond donors (Lipinski definition) is 0. The normalized spacial score (nSPS) is 31.9. The highest BCUT2D eigenvalue weighted by Gasteiger charge is 2.37. The summed E-state index contributed by atoms with van der Waals surface area (Å²) in [6.45, 7) is 9.30. The van der Waals surface area contributed by atoms with Crippen molar-refractivity contribution in [2.75, 3.05) is 36.2 Å². The average molecular weight is 587 g/mol. The van der Waals surface area contributed by atoms with Crippen molar-refractivity contribution in [1.82, 2.24) is 0 Å². The van der Waals surface area contributed by atoms with Gasteiger partial charge in [0.1, 0.15) is 0 Å². The highest BCUT2D eigenvalue weighted by atomic mass is 32.3. The second-order valence-corrected chi connectivity index (χ2v) is 18.3. The lowest BCUT2D eigenvalue weighted by atomic mass is 10.4. The van der Waals surface area contributed by atoms with Gasteiger partial charge in [0.2, 0.25) is 0 Å². The van der Waals surface area contributed by atoms with Crippen LogP contribution in [-0.2, 0) is 18.9 Å². The summed E-state index contributed by atoms with van der Waals surface area (Å²) >= 11 is 15.7. The number of hydrogen-bond acceptors (Lipinski definition) is 12. The van der Waals surface area contributed by atoms with E-state index in [0.29, 0.717) is 13.2 Å². The summed E-state index contributed by atoms with van der Waals surface area (Å²) < 4.78 is 32.3. The summed E-state index contributed by atoms with van der Waals surface area (Å²) in [5, 5.41) is 0. The van der Waals surface area contributed by atoms with Gasteiger partial charge < -0.3 is 18.9 Å². The standard InChI is InChI=1S/C20H26O4S8/c1-19(2)21-7-11(23-19)9-27-15-16(28-10-12-8-22-20(3,4)24-12)32-18(31-15)17-29-13-14(30-17)26-6-5-25-13/h11-12H,5-10H2,1-4H3/t11-,12-/m1/s1. The first-order valence-corrected chi connectivity index (χ1v) is 17.6. The first-order valence-electron chi connectivity index (χ1n) is 10.4. The van der Waals surface area contributed by atoms with Crippen LogP contribution in [0.2, 0.25) is 0 Å². The molecule has 5 aliphatic rings. The molecule has 5 aliphatic heterocycles. The molecular formula is C20H26O4S8. The molecule has 0 aliphatic carbocycles. The lowest BCUT2D eigenvalue weighted by Crippen LogP contribution is -2.22. The summed E-state index contributed by atoms with van der Waals surface area (Å²) in [4.78, 5) is 0. The van der Waals surface area contributed by atoms with E-state index in [2.05, 4.69) is 0 Å². The summed E-state index contributed by atoms with van der Waals surface area (Å²) in [6, 6.07) is 0. The Morgan fingerprint density at radius 1 is 0.688 bits per heavy atom. The van der Waals surface area contributed by atoms with Gasteiger partial charge in [-0.15, -0.1) is 47.0 Å². The van der Waals surface area contributed by atoms with E-state index >= 15 is 0 Å². The number of rotatable bonds is 6. The minimum Gasteiger partial charge on any atom is -0.348 e. The van der Waals surface area contributed by atoms with Crippen LogP contribution in [0.15, 0.2) is 25.4 Å². The van der Waals surface area contributed by atoms with Gasteiger partial charge in [0.25, 0.3) is 0 Å². The zero-order valence-electron chi connectivity index (χ0n) is 18.3. The van der Waals surface area contributed by atoms with Crippen molar-refractivity contribution >= 4 is 94.1 Å². The molecule has 0 spiro atoms. The fourth-order valence-electron chi connectivity index (χ4n) is 3.36. The van der Waals surface area contributed by atoms with E-state index < -0.39 is 11.6 Å². The van der Waals surface area contributed by atoms with Crippen molar-refractivity contribution in [3.63, 3.8) is 0 Å². The van der Waals surface area contributed by atoms with Gasteiger partial charge in [-0.2, -0.15) is 0 Å². The van der Waals surface area contributed by atoms with Gasteiger partial charge in [0, 0.05) is 23.0 Å². The summed E-state index contributed by atoms with van der Waals surface area (Å²) in [6.07, 6.45) is 0.279. The Labute approximate surface area is 224 Å². The quantitative estimate of drug-likeness (QED) is 0.308. The first-order chi connectivity index (χ1) is 15.3. The molecule has 0 unspecified atom stereocenters. The van der Waals surface area contributed by atoms with Crippen LogP contribution in [0.25, 0.3) is 0 Å².